The molecule has 5 nitrogen and oxygen atoms in total. The van der Waals surface area contributed by atoms with Crippen molar-refractivity contribution in [2.75, 3.05) is 5.75 Å². The molecule has 2 aromatic carbocycles. The molecule has 0 spiro atoms. The summed E-state index contributed by atoms with van der Waals surface area (Å²) in [6, 6.07) is 8.78. The quantitative estimate of drug-likeness (QED) is 0.383. The number of pyridine rings is 1. The topological polar surface area (TPSA) is 64.8 Å². The van der Waals surface area contributed by atoms with Gasteiger partial charge in [-0.15, -0.1) is 0 Å². The molecule has 166 valence electrons. The van der Waals surface area contributed by atoms with E-state index in [2.05, 4.69) is 10.1 Å². The van der Waals surface area contributed by atoms with Crippen LogP contribution in [-0.2, 0) is 16.0 Å². The van der Waals surface area contributed by atoms with Crippen molar-refractivity contribution in [3.63, 3.8) is 0 Å². The first-order valence-electron chi connectivity index (χ1n) is 9.55. The van der Waals surface area contributed by atoms with Crippen LogP contribution in [0.1, 0.15) is 18.1 Å². The van der Waals surface area contributed by atoms with E-state index in [0.717, 1.165) is 16.8 Å². The Hall–Kier alpha value is -3.27. The van der Waals surface area contributed by atoms with Crippen LogP contribution in [0.5, 0.6) is 0 Å². The molecule has 0 aliphatic rings. The molecule has 0 amide bonds. The summed E-state index contributed by atoms with van der Waals surface area (Å²) in [5.74, 6) is -0.747. The smallest absolute Gasteiger partial charge is 0.235 e. The van der Waals surface area contributed by atoms with Gasteiger partial charge in [-0.05, 0) is 48.4 Å². The number of fused-ring (bicyclic) bond motifs is 1. The number of benzene rings is 2. The number of hydrogen-bond donors (Lipinski definition) is 0. The van der Waals surface area contributed by atoms with Gasteiger partial charge < -0.3 is 0 Å². The fourth-order valence-corrected chi connectivity index (χ4v) is 4.40. The van der Waals surface area contributed by atoms with Crippen molar-refractivity contribution in [2.45, 2.75) is 24.9 Å². The summed E-state index contributed by atoms with van der Waals surface area (Å²) in [5, 5.41) is 4.52. The Kier molecular flexibility index (Phi) is 5.28. The zero-order valence-corrected chi connectivity index (χ0v) is 17.8. The van der Waals surface area contributed by atoms with E-state index >= 15 is 0 Å². The molecule has 32 heavy (non-hydrogen) atoms. The van der Waals surface area contributed by atoms with Gasteiger partial charge in [0.15, 0.2) is 15.7 Å². The zero-order chi connectivity index (χ0) is 23.3. The van der Waals surface area contributed by atoms with Crippen LogP contribution in [0.4, 0.5) is 17.6 Å². The molecule has 0 atom stereocenters. The molecule has 0 aliphatic heterocycles. The molecule has 4 rings (SSSR count). The minimum atomic E-state index is -4.53. The minimum Gasteiger partial charge on any atom is -0.235 e. The Morgan fingerprint density at radius 3 is 2.44 bits per heavy atom. The van der Waals surface area contributed by atoms with Crippen LogP contribution < -0.4 is 0 Å². The van der Waals surface area contributed by atoms with E-state index in [0.29, 0.717) is 22.1 Å². The van der Waals surface area contributed by atoms with Gasteiger partial charge in [-0.25, -0.2) is 22.5 Å². The van der Waals surface area contributed by atoms with Gasteiger partial charge in [-0.3, -0.25) is 0 Å². The number of aryl methyl sites for hydroxylation is 1. The number of halogens is 4. The number of rotatable bonds is 4. The Bertz CT molecular complexity index is 1420. The lowest BCUT2D eigenvalue weighted by molar-refractivity contribution is -0.137. The van der Waals surface area contributed by atoms with Gasteiger partial charge in [0.05, 0.1) is 16.8 Å². The van der Waals surface area contributed by atoms with E-state index in [-0.39, 0.29) is 22.0 Å². The van der Waals surface area contributed by atoms with Crippen molar-refractivity contribution in [3.05, 3.63) is 71.8 Å². The molecule has 0 bridgehead atoms. The van der Waals surface area contributed by atoms with Crippen LogP contribution in [0.25, 0.3) is 27.8 Å². The lowest BCUT2D eigenvalue weighted by Gasteiger charge is -2.11. The average molecular weight is 463 g/mol. The van der Waals surface area contributed by atoms with E-state index in [1.54, 1.807) is 13.0 Å². The Morgan fingerprint density at radius 2 is 1.78 bits per heavy atom. The van der Waals surface area contributed by atoms with Gasteiger partial charge >= 0.3 is 6.18 Å². The van der Waals surface area contributed by atoms with Crippen LogP contribution in [0.15, 0.2) is 59.8 Å². The van der Waals surface area contributed by atoms with Crippen molar-refractivity contribution in [2.24, 2.45) is 0 Å². The van der Waals surface area contributed by atoms with Gasteiger partial charge in [-0.2, -0.15) is 18.3 Å². The third kappa shape index (κ3) is 4.10. The lowest BCUT2D eigenvalue weighted by atomic mass is 10.1. The van der Waals surface area contributed by atoms with Crippen LogP contribution in [0.2, 0.25) is 0 Å². The van der Waals surface area contributed by atoms with E-state index in [4.69, 9.17) is 0 Å². The van der Waals surface area contributed by atoms with Gasteiger partial charge in [0.1, 0.15) is 10.7 Å². The molecule has 10 heteroatoms. The van der Waals surface area contributed by atoms with Crippen LogP contribution >= 0.6 is 0 Å². The molecule has 0 saturated heterocycles. The summed E-state index contributed by atoms with van der Waals surface area (Å²) in [6.45, 7) is 3.18. The van der Waals surface area contributed by atoms with Gasteiger partial charge in [-0.1, -0.05) is 19.1 Å². The fourth-order valence-electron chi connectivity index (χ4n) is 3.36. The Morgan fingerprint density at radius 1 is 1.03 bits per heavy atom. The standard InChI is InChI=1S/C22H17F4N3O2S/c1-3-32(30,31)20-9-16(15-6-13(2)7-18(23)8-15)11-27-21(20)29-12-14-4-5-17(22(24,25)26)10-19(14)28-29/h4-12H,3H2,1-2H3. The zero-order valence-electron chi connectivity index (χ0n) is 17.0. The molecule has 4 aromatic rings. The molecule has 0 N–H and O–H groups in total. The SMILES string of the molecule is CCS(=O)(=O)c1cc(-c2cc(C)cc(F)c2)cnc1-n1cc2ccc(C(F)(F)F)cc2n1. The molecule has 0 saturated carbocycles. The highest BCUT2D eigenvalue weighted by Crippen LogP contribution is 2.32. The minimum absolute atomic E-state index is 0.0475. The van der Waals surface area contributed by atoms with Gasteiger partial charge in [0.25, 0.3) is 0 Å². The first-order valence-corrected chi connectivity index (χ1v) is 11.2. The van der Waals surface area contributed by atoms with E-state index in [1.165, 1.54) is 43.6 Å². The predicted octanol–water partition coefficient (Wildman–Crippen LogP) is 5.35. The number of nitrogens with zero attached hydrogens (tertiary/aromatic N) is 3. The highest BCUT2D eigenvalue weighted by Gasteiger charge is 2.31. The third-order valence-electron chi connectivity index (χ3n) is 4.98. The maximum atomic E-state index is 13.9. The lowest BCUT2D eigenvalue weighted by Crippen LogP contribution is -2.11. The molecule has 2 aromatic heterocycles. The second-order valence-electron chi connectivity index (χ2n) is 7.31. The van der Waals surface area contributed by atoms with Crippen molar-refractivity contribution < 1.29 is 26.0 Å². The number of hydrogen-bond acceptors (Lipinski definition) is 4. The van der Waals surface area contributed by atoms with Gasteiger partial charge in [0.2, 0.25) is 0 Å². The number of aromatic nitrogens is 3. The predicted molar refractivity (Wildman–Crippen MR) is 112 cm³/mol. The maximum Gasteiger partial charge on any atom is 0.416 e. The summed E-state index contributed by atoms with van der Waals surface area (Å²) in [6.07, 6.45) is -1.73. The highest BCUT2D eigenvalue weighted by atomic mass is 32.2. The van der Waals surface area contributed by atoms with Crippen LogP contribution in [0.3, 0.4) is 0 Å². The summed E-state index contributed by atoms with van der Waals surface area (Å²) < 4.78 is 79.7. The Balaban J connectivity index is 1.90. The van der Waals surface area contributed by atoms with E-state index in [1.807, 2.05) is 0 Å². The number of sulfone groups is 1. The molecule has 0 unspecified atom stereocenters. The fraction of sp³-hybridized carbons (Fsp3) is 0.182. The molecule has 0 aliphatic carbocycles. The summed E-state index contributed by atoms with van der Waals surface area (Å²) >= 11 is 0. The largest absolute Gasteiger partial charge is 0.416 e. The normalized spacial score (nSPS) is 12.4. The highest BCUT2D eigenvalue weighted by molar-refractivity contribution is 7.91. The second-order valence-corrected chi connectivity index (χ2v) is 9.56. The third-order valence-corrected chi connectivity index (χ3v) is 6.71. The molecule has 0 fully saturated rings. The van der Waals surface area contributed by atoms with Crippen LogP contribution in [-0.4, -0.2) is 28.9 Å². The average Bonchev–Trinajstić information content (AvgIpc) is 3.15. The van der Waals surface area contributed by atoms with Crippen LogP contribution in [0, 0.1) is 12.7 Å². The van der Waals surface area contributed by atoms with Crippen molar-refractivity contribution in [1.82, 2.24) is 14.8 Å². The maximum absolute atomic E-state index is 13.9. The van der Waals surface area contributed by atoms with Crippen molar-refractivity contribution in [3.8, 4) is 16.9 Å². The molecule has 0 radical (unpaired) electrons. The Labute approximate surface area is 181 Å². The number of alkyl halides is 3. The molecular weight excluding hydrogens is 446 g/mol. The molecular formula is C22H17F4N3O2S. The molecule has 2 heterocycles. The second kappa shape index (κ2) is 7.70. The summed E-state index contributed by atoms with van der Waals surface area (Å²) in [5.41, 5.74) is 0.685. The van der Waals surface area contributed by atoms with Crippen molar-refractivity contribution in [1.29, 1.82) is 0 Å². The first-order chi connectivity index (χ1) is 15.0. The monoisotopic (exact) mass is 463 g/mol. The van der Waals surface area contributed by atoms with E-state index in [9.17, 15) is 26.0 Å². The van der Waals surface area contributed by atoms with Crippen molar-refractivity contribution >= 4 is 20.7 Å². The first kappa shape index (κ1) is 21.9. The van der Waals surface area contributed by atoms with E-state index < -0.39 is 27.4 Å². The summed E-state index contributed by atoms with van der Waals surface area (Å²) in [4.78, 5) is 4.09. The van der Waals surface area contributed by atoms with Gasteiger partial charge in [0, 0.05) is 23.3 Å². The summed E-state index contributed by atoms with van der Waals surface area (Å²) in [7, 11) is -3.79.